The minimum Gasteiger partial charge on any atom is -0.454 e. The lowest BCUT2D eigenvalue weighted by molar-refractivity contribution is -0.384. The van der Waals surface area contributed by atoms with Crippen LogP contribution in [0, 0.1) is 21.8 Å². The van der Waals surface area contributed by atoms with E-state index in [2.05, 4.69) is 0 Å². The second-order valence-corrected chi connectivity index (χ2v) is 7.33. The van der Waals surface area contributed by atoms with E-state index < -0.39 is 34.5 Å². The number of nitrogens with zero attached hydrogens (tertiary/aromatic N) is 2. The summed E-state index contributed by atoms with van der Waals surface area (Å²) in [6, 6.07) is 10.4. The Hall–Kier alpha value is -3.33. The van der Waals surface area contributed by atoms with Gasteiger partial charge in [-0.1, -0.05) is 6.07 Å². The highest BCUT2D eigenvalue weighted by molar-refractivity contribution is 6.18. The third kappa shape index (κ3) is 5.24. The minimum absolute atomic E-state index is 0.0306. The molecule has 31 heavy (non-hydrogen) atoms. The quantitative estimate of drug-likeness (QED) is 0.201. The third-order valence-electron chi connectivity index (χ3n) is 4.86. The van der Waals surface area contributed by atoms with Gasteiger partial charge in [0.05, 0.1) is 16.5 Å². The molecule has 162 valence electrons. The van der Waals surface area contributed by atoms with E-state index in [1.54, 1.807) is 0 Å². The number of nitro groups is 1. The van der Waals surface area contributed by atoms with Gasteiger partial charge in [-0.15, -0.1) is 11.6 Å². The van der Waals surface area contributed by atoms with Gasteiger partial charge in [0.15, 0.2) is 6.10 Å². The number of Topliss-reactive ketones (excluding diaryl/α,β-unsaturated/α-hetero) is 1. The van der Waals surface area contributed by atoms with Crippen molar-refractivity contribution in [3.63, 3.8) is 0 Å². The number of nitro benzene ring substituents is 1. The molecule has 2 atom stereocenters. The van der Waals surface area contributed by atoms with Crippen molar-refractivity contribution in [2.24, 2.45) is 5.92 Å². The largest absolute Gasteiger partial charge is 0.454 e. The average molecular weight is 449 g/mol. The number of non-ortho nitro benzene ring substituents is 1. The van der Waals surface area contributed by atoms with E-state index in [4.69, 9.17) is 16.3 Å². The van der Waals surface area contributed by atoms with Crippen LogP contribution in [0.25, 0.3) is 0 Å². The molecule has 10 heteroatoms. The number of hydrogen-bond acceptors (Lipinski definition) is 6. The minimum atomic E-state index is -1.17. The molecule has 0 aromatic heterocycles. The molecule has 2 aromatic rings. The summed E-state index contributed by atoms with van der Waals surface area (Å²) in [5.74, 6) is -2.95. The number of ether oxygens (including phenoxy) is 1. The van der Waals surface area contributed by atoms with Crippen molar-refractivity contribution in [3.8, 4) is 0 Å². The first-order valence-electron chi connectivity index (χ1n) is 9.41. The molecule has 8 nitrogen and oxygen atoms in total. The second kappa shape index (κ2) is 9.65. The second-order valence-electron chi connectivity index (χ2n) is 6.96. The molecular formula is C21H18ClFN2O6. The van der Waals surface area contributed by atoms with Crippen LogP contribution in [0.1, 0.15) is 23.2 Å². The molecule has 1 aliphatic heterocycles. The maximum Gasteiger partial charge on any atom is 0.312 e. The van der Waals surface area contributed by atoms with Gasteiger partial charge in [0.1, 0.15) is 5.82 Å². The molecule has 2 aromatic carbocycles. The SMILES string of the molecule is O=C(O[C@H](CCCl)C(=O)c1ccc(F)cc1)[C@@H]1CC(=O)N(c2cccc([N+](=O)[O-])c2)C1. The predicted molar refractivity (Wildman–Crippen MR) is 110 cm³/mol. The zero-order valence-corrected chi connectivity index (χ0v) is 17.0. The van der Waals surface area contributed by atoms with Crippen molar-refractivity contribution in [1.82, 2.24) is 0 Å². The van der Waals surface area contributed by atoms with E-state index in [1.165, 1.54) is 41.3 Å². The number of hydrogen-bond donors (Lipinski definition) is 0. The van der Waals surface area contributed by atoms with Gasteiger partial charge in [0.2, 0.25) is 11.7 Å². The molecule has 0 N–H and O–H groups in total. The van der Waals surface area contributed by atoms with Crippen LogP contribution in [0.15, 0.2) is 48.5 Å². The van der Waals surface area contributed by atoms with Crippen LogP contribution in [0.5, 0.6) is 0 Å². The molecule has 3 rings (SSSR count). The molecule has 0 unspecified atom stereocenters. The van der Waals surface area contributed by atoms with Crippen molar-refractivity contribution in [2.45, 2.75) is 18.9 Å². The highest BCUT2D eigenvalue weighted by atomic mass is 35.5. The number of amides is 1. The molecule has 0 spiro atoms. The number of carbonyl (C=O) groups is 3. The van der Waals surface area contributed by atoms with Crippen LogP contribution < -0.4 is 4.90 Å². The first-order valence-corrected chi connectivity index (χ1v) is 9.94. The highest BCUT2D eigenvalue weighted by Crippen LogP contribution is 2.29. The first kappa shape index (κ1) is 22.4. The van der Waals surface area contributed by atoms with Crippen molar-refractivity contribution < 1.29 is 28.4 Å². The van der Waals surface area contributed by atoms with Crippen molar-refractivity contribution in [1.29, 1.82) is 0 Å². The summed E-state index contributed by atoms with van der Waals surface area (Å²) in [5.41, 5.74) is 0.294. The maximum absolute atomic E-state index is 13.1. The lowest BCUT2D eigenvalue weighted by atomic mass is 10.0. The van der Waals surface area contributed by atoms with Crippen LogP contribution in [0.4, 0.5) is 15.8 Å². The summed E-state index contributed by atoms with van der Waals surface area (Å²) in [7, 11) is 0. The summed E-state index contributed by atoms with van der Waals surface area (Å²) in [4.78, 5) is 49.4. The predicted octanol–water partition coefficient (Wildman–Crippen LogP) is 3.51. The molecule has 1 saturated heterocycles. The van der Waals surface area contributed by atoms with E-state index >= 15 is 0 Å². The average Bonchev–Trinajstić information content (AvgIpc) is 3.15. The molecule has 1 fully saturated rings. The van der Waals surface area contributed by atoms with E-state index in [-0.39, 0.29) is 42.4 Å². The Morgan fingerprint density at radius 2 is 1.97 bits per heavy atom. The number of halogens is 2. The Balaban J connectivity index is 1.71. The van der Waals surface area contributed by atoms with Gasteiger partial charge >= 0.3 is 5.97 Å². The van der Waals surface area contributed by atoms with Gasteiger partial charge in [-0.3, -0.25) is 24.5 Å². The number of alkyl halides is 1. The monoisotopic (exact) mass is 448 g/mol. The van der Waals surface area contributed by atoms with Crippen molar-refractivity contribution >= 4 is 40.6 Å². The summed E-state index contributed by atoms with van der Waals surface area (Å²) in [5, 5.41) is 11.0. The summed E-state index contributed by atoms with van der Waals surface area (Å²) >= 11 is 5.74. The molecule has 0 aliphatic carbocycles. The molecule has 1 aliphatic rings. The topological polar surface area (TPSA) is 107 Å². The van der Waals surface area contributed by atoms with Gasteiger partial charge in [-0.2, -0.15) is 0 Å². The molecule has 1 amide bonds. The van der Waals surface area contributed by atoms with E-state index in [1.807, 2.05) is 0 Å². The number of rotatable bonds is 8. The van der Waals surface area contributed by atoms with Gasteiger partial charge < -0.3 is 9.64 Å². The Morgan fingerprint density at radius 3 is 2.61 bits per heavy atom. The number of ketones is 1. The smallest absolute Gasteiger partial charge is 0.312 e. The van der Waals surface area contributed by atoms with Gasteiger partial charge in [0.25, 0.3) is 5.69 Å². The molecule has 1 heterocycles. The number of carbonyl (C=O) groups excluding carboxylic acids is 3. The van der Waals surface area contributed by atoms with Gasteiger partial charge in [-0.05, 0) is 30.3 Å². The van der Waals surface area contributed by atoms with E-state index in [0.29, 0.717) is 5.69 Å². The number of anilines is 1. The standard InChI is InChI=1S/C21H18ClFN2O6/c22-9-8-18(20(27)13-4-6-15(23)7-5-13)31-21(28)14-10-19(26)24(12-14)16-2-1-3-17(11-16)25(29)30/h1-7,11,14,18H,8-10,12H2/t14-,18-/m1/s1. The lowest BCUT2D eigenvalue weighted by Crippen LogP contribution is -2.32. The number of esters is 1. The fourth-order valence-electron chi connectivity index (χ4n) is 3.27. The Morgan fingerprint density at radius 1 is 1.26 bits per heavy atom. The van der Waals surface area contributed by atoms with Gasteiger partial charge in [-0.25, -0.2) is 4.39 Å². The van der Waals surface area contributed by atoms with Crippen LogP contribution >= 0.6 is 11.6 Å². The fourth-order valence-corrected chi connectivity index (χ4v) is 3.47. The summed E-state index contributed by atoms with van der Waals surface area (Å²) < 4.78 is 18.5. The normalized spacial score (nSPS) is 16.8. The zero-order valence-electron chi connectivity index (χ0n) is 16.2. The van der Waals surface area contributed by atoms with Crippen molar-refractivity contribution in [3.05, 3.63) is 70.0 Å². The fraction of sp³-hybridized carbons (Fsp3) is 0.286. The van der Waals surface area contributed by atoms with Crippen LogP contribution in [-0.2, 0) is 14.3 Å². The van der Waals surface area contributed by atoms with Crippen LogP contribution in [0.2, 0.25) is 0 Å². The molecule has 0 bridgehead atoms. The first-order chi connectivity index (χ1) is 14.8. The maximum atomic E-state index is 13.1. The Labute approximate surface area is 181 Å². The highest BCUT2D eigenvalue weighted by Gasteiger charge is 2.38. The summed E-state index contributed by atoms with van der Waals surface area (Å²) in [6.45, 7) is -0.0306. The van der Waals surface area contributed by atoms with Gasteiger partial charge in [0, 0.05) is 43.0 Å². The number of benzene rings is 2. The Kier molecular flexibility index (Phi) is 6.96. The van der Waals surface area contributed by atoms with E-state index in [0.717, 1.165) is 12.1 Å². The van der Waals surface area contributed by atoms with Crippen LogP contribution in [-0.4, -0.2) is 41.1 Å². The van der Waals surface area contributed by atoms with Crippen LogP contribution in [0.3, 0.4) is 0 Å². The Bertz CT molecular complexity index is 1010. The van der Waals surface area contributed by atoms with Crippen molar-refractivity contribution in [2.75, 3.05) is 17.3 Å². The summed E-state index contributed by atoms with van der Waals surface area (Å²) in [6.07, 6.45) is -1.27. The zero-order chi connectivity index (χ0) is 22.5. The molecule has 0 radical (unpaired) electrons. The lowest BCUT2D eigenvalue weighted by Gasteiger charge is -2.19. The third-order valence-corrected chi connectivity index (χ3v) is 5.08. The molecule has 0 saturated carbocycles. The van der Waals surface area contributed by atoms with E-state index in [9.17, 15) is 28.9 Å². The molecular weight excluding hydrogens is 431 g/mol.